The molecule has 0 saturated carbocycles. The molecule has 7 nitrogen and oxygen atoms in total. The monoisotopic (exact) mass is 437 g/mol. The third kappa shape index (κ3) is 4.24. The van der Waals surface area contributed by atoms with Gasteiger partial charge in [0.2, 0.25) is 5.89 Å². The first-order valence-electron chi connectivity index (χ1n) is 10.2. The second-order valence-corrected chi connectivity index (χ2v) is 7.21. The summed E-state index contributed by atoms with van der Waals surface area (Å²) < 4.78 is 16.4. The Hall–Kier alpha value is -4.65. The maximum Gasteiger partial charge on any atom is 0.283 e. The zero-order valence-corrected chi connectivity index (χ0v) is 17.7. The molecule has 1 N–H and O–H groups in total. The molecule has 0 saturated heterocycles. The first-order chi connectivity index (χ1) is 16.2. The van der Waals surface area contributed by atoms with Gasteiger partial charge < -0.3 is 18.9 Å². The molecule has 5 rings (SSSR count). The maximum absolute atomic E-state index is 13.1. The van der Waals surface area contributed by atoms with E-state index in [2.05, 4.69) is 15.5 Å². The fraction of sp³-hybridized carbons (Fsp3) is 0.0385. The van der Waals surface area contributed by atoms with Crippen molar-refractivity contribution in [3.63, 3.8) is 0 Å². The molecule has 33 heavy (non-hydrogen) atoms. The van der Waals surface area contributed by atoms with Crippen LogP contribution in [0.4, 0.5) is 5.69 Å². The number of nitrogens with zero attached hydrogens (tertiary/aromatic N) is 2. The average Bonchev–Trinajstić information content (AvgIpc) is 3.57. The molecule has 0 aliphatic heterocycles. The van der Waals surface area contributed by atoms with E-state index >= 15 is 0 Å². The van der Waals surface area contributed by atoms with Crippen molar-refractivity contribution in [1.29, 1.82) is 0 Å². The molecule has 0 spiro atoms. The van der Waals surface area contributed by atoms with Crippen molar-refractivity contribution < 1.29 is 18.4 Å². The van der Waals surface area contributed by atoms with Crippen LogP contribution in [-0.4, -0.2) is 23.2 Å². The summed E-state index contributed by atoms with van der Waals surface area (Å²) in [6, 6.07) is 26.1. The predicted molar refractivity (Wildman–Crippen MR) is 124 cm³/mol. The highest BCUT2D eigenvalue weighted by atomic mass is 16.5. The number of methoxy groups -OCH3 is 1. The highest BCUT2D eigenvalue weighted by molar-refractivity contribution is 6.07. The Morgan fingerprint density at radius 1 is 0.818 bits per heavy atom. The second-order valence-electron chi connectivity index (χ2n) is 7.21. The van der Waals surface area contributed by atoms with E-state index in [1.54, 1.807) is 43.5 Å². The quantitative estimate of drug-likeness (QED) is 0.354. The Kier molecular flexibility index (Phi) is 5.43. The average molecular weight is 437 g/mol. The molecule has 0 radical (unpaired) electrons. The summed E-state index contributed by atoms with van der Waals surface area (Å²) >= 11 is 0. The molecular weight excluding hydrogens is 418 g/mol. The summed E-state index contributed by atoms with van der Waals surface area (Å²) in [7, 11) is 1.54. The van der Waals surface area contributed by atoms with Crippen molar-refractivity contribution in [3.05, 3.63) is 96.8 Å². The van der Waals surface area contributed by atoms with Crippen LogP contribution in [0, 0.1) is 0 Å². The van der Waals surface area contributed by atoms with Crippen LogP contribution in [0.3, 0.4) is 0 Å². The largest absolute Gasteiger partial charge is 0.496 e. The second kappa shape index (κ2) is 8.84. The van der Waals surface area contributed by atoms with Crippen LogP contribution in [0.15, 0.2) is 100 Å². The Morgan fingerprint density at radius 2 is 1.64 bits per heavy atom. The molecular formula is C26H19N3O4. The molecule has 0 aliphatic rings. The Morgan fingerprint density at radius 3 is 2.42 bits per heavy atom. The molecule has 162 valence electrons. The van der Waals surface area contributed by atoms with E-state index < -0.39 is 0 Å². The van der Waals surface area contributed by atoms with Gasteiger partial charge in [-0.2, -0.15) is 0 Å². The van der Waals surface area contributed by atoms with E-state index in [9.17, 15) is 4.79 Å². The Bertz CT molecular complexity index is 1390. The molecule has 0 fully saturated rings. The van der Waals surface area contributed by atoms with Crippen LogP contribution in [0.5, 0.6) is 5.75 Å². The smallest absolute Gasteiger partial charge is 0.283 e. The molecule has 2 heterocycles. The Balaban J connectivity index is 1.41. The van der Waals surface area contributed by atoms with E-state index in [4.69, 9.17) is 13.6 Å². The molecule has 0 atom stereocenters. The minimum atomic E-state index is -0.288. The van der Waals surface area contributed by atoms with Crippen LogP contribution < -0.4 is 10.1 Å². The lowest BCUT2D eigenvalue weighted by molar-refractivity contribution is 0.102. The lowest BCUT2D eigenvalue weighted by atomic mass is 10.0. The van der Waals surface area contributed by atoms with Crippen LogP contribution >= 0.6 is 0 Å². The van der Waals surface area contributed by atoms with Gasteiger partial charge in [-0.05, 0) is 53.6 Å². The molecule has 0 unspecified atom stereocenters. The molecule has 2 aromatic heterocycles. The number of rotatable bonds is 6. The number of benzene rings is 3. The van der Waals surface area contributed by atoms with Gasteiger partial charge in [-0.25, -0.2) is 0 Å². The van der Waals surface area contributed by atoms with Crippen LogP contribution in [-0.2, 0) is 0 Å². The van der Waals surface area contributed by atoms with Crippen molar-refractivity contribution >= 4 is 11.6 Å². The number of furan rings is 1. The molecule has 1 amide bonds. The minimum Gasteiger partial charge on any atom is -0.496 e. The summed E-state index contributed by atoms with van der Waals surface area (Å²) in [4.78, 5) is 13.1. The van der Waals surface area contributed by atoms with Crippen molar-refractivity contribution in [1.82, 2.24) is 10.2 Å². The predicted octanol–water partition coefficient (Wildman–Crippen LogP) is 5.92. The standard InChI is InChI=1S/C26H19N3O4/c1-31-22-13-12-18(17-7-3-2-4-8-17)16-21(22)24(30)27-20-10-5-9-19(15-20)25-28-29-26(33-25)23-11-6-14-32-23/h2-16H,1H3,(H,27,30). The van der Waals surface area contributed by atoms with Crippen LogP contribution in [0.2, 0.25) is 0 Å². The third-order valence-corrected chi connectivity index (χ3v) is 5.08. The number of ether oxygens (including phenoxy) is 1. The summed E-state index contributed by atoms with van der Waals surface area (Å²) in [6.45, 7) is 0. The molecule has 5 aromatic rings. The number of nitrogens with one attached hydrogen (secondary N) is 1. The maximum atomic E-state index is 13.1. The number of hydrogen-bond donors (Lipinski definition) is 1. The van der Waals surface area contributed by atoms with Gasteiger partial charge in [-0.15, -0.1) is 10.2 Å². The number of carbonyl (C=O) groups is 1. The fourth-order valence-corrected chi connectivity index (χ4v) is 3.46. The van der Waals surface area contributed by atoms with Gasteiger partial charge in [0.05, 0.1) is 18.9 Å². The van der Waals surface area contributed by atoms with E-state index in [1.165, 1.54) is 6.26 Å². The number of amides is 1. The van der Waals surface area contributed by atoms with Crippen LogP contribution in [0.25, 0.3) is 34.2 Å². The molecule has 0 aliphatic carbocycles. The highest BCUT2D eigenvalue weighted by Crippen LogP contribution is 2.29. The van der Waals surface area contributed by atoms with Crippen molar-refractivity contribution in [3.8, 4) is 40.0 Å². The van der Waals surface area contributed by atoms with E-state index in [-0.39, 0.29) is 11.8 Å². The summed E-state index contributed by atoms with van der Waals surface area (Å²) in [5.41, 5.74) is 3.62. The van der Waals surface area contributed by atoms with Crippen molar-refractivity contribution in [2.75, 3.05) is 12.4 Å². The first-order valence-corrected chi connectivity index (χ1v) is 10.2. The first kappa shape index (κ1) is 20.3. The van der Waals surface area contributed by atoms with Gasteiger partial charge in [-0.1, -0.05) is 42.5 Å². The van der Waals surface area contributed by atoms with Gasteiger partial charge in [0.15, 0.2) is 5.76 Å². The summed E-state index contributed by atoms with van der Waals surface area (Å²) in [5.74, 6) is 1.29. The van der Waals surface area contributed by atoms with Crippen LogP contribution in [0.1, 0.15) is 10.4 Å². The Labute approximate surface area is 189 Å². The van der Waals surface area contributed by atoms with Gasteiger partial charge in [0.25, 0.3) is 11.8 Å². The molecule has 7 heteroatoms. The van der Waals surface area contributed by atoms with E-state index in [1.807, 2.05) is 48.5 Å². The minimum absolute atomic E-state index is 0.284. The highest BCUT2D eigenvalue weighted by Gasteiger charge is 2.16. The van der Waals surface area contributed by atoms with E-state index in [0.717, 1.165) is 11.1 Å². The van der Waals surface area contributed by atoms with E-state index in [0.29, 0.717) is 34.2 Å². The normalized spacial score (nSPS) is 10.7. The lowest BCUT2D eigenvalue weighted by Crippen LogP contribution is -2.13. The number of anilines is 1. The topological polar surface area (TPSA) is 90.4 Å². The SMILES string of the molecule is COc1ccc(-c2ccccc2)cc1C(=O)Nc1cccc(-c2nnc(-c3ccco3)o2)c1. The summed E-state index contributed by atoms with van der Waals surface area (Å²) in [6.07, 6.45) is 1.54. The van der Waals surface area contributed by atoms with Crippen molar-refractivity contribution in [2.24, 2.45) is 0 Å². The number of aromatic nitrogens is 2. The van der Waals surface area contributed by atoms with Gasteiger partial charge in [-0.3, -0.25) is 4.79 Å². The zero-order chi connectivity index (χ0) is 22.6. The molecule has 3 aromatic carbocycles. The molecule has 0 bridgehead atoms. The summed E-state index contributed by atoms with van der Waals surface area (Å²) in [5, 5.41) is 11.0. The third-order valence-electron chi connectivity index (χ3n) is 5.08. The zero-order valence-electron chi connectivity index (χ0n) is 17.7. The fourth-order valence-electron chi connectivity index (χ4n) is 3.46. The lowest BCUT2D eigenvalue weighted by Gasteiger charge is -2.12. The number of hydrogen-bond acceptors (Lipinski definition) is 6. The van der Waals surface area contributed by atoms with Crippen molar-refractivity contribution in [2.45, 2.75) is 0 Å². The van der Waals surface area contributed by atoms with Gasteiger partial charge in [0.1, 0.15) is 5.75 Å². The number of carbonyl (C=O) groups excluding carboxylic acids is 1. The van der Waals surface area contributed by atoms with Gasteiger partial charge in [0, 0.05) is 11.3 Å². The van der Waals surface area contributed by atoms with Gasteiger partial charge >= 0.3 is 0 Å².